The summed E-state index contributed by atoms with van der Waals surface area (Å²) in [4.78, 5) is 12.8. The summed E-state index contributed by atoms with van der Waals surface area (Å²) in [5, 5.41) is 15.5. The molecule has 0 aliphatic rings. The molecule has 21 heavy (non-hydrogen) atoms. The molecule has 1 rings (SSSR count). The Morgan fingerprint density at radius 2 is 1.86 bits per heavy atom. The van der Waals surface area contributed by atoms with Crippen LogP contribution in [0.1, 0.15) is 40.5 Å². The number of hydrogen-bond acceptors (Lipinski definition) is 7. The van der Waals surface area contributed by atoms with Gasteiger partial charge in [0, 0.05) is 19.2 Å². The predicted octanol–water partition coefficient (Wildman–Crippen LogP) is 1.91. The molecule has 0 aliphatic carbocycles. The van der Waals surface area contributed by atoms with E-state index in [0.29, 0.717) is 36.9 Å². The molecule has 7 heteroatoms. The summed E-state index contributed by atoms with van der Waals surface area (Å²) in [6.45, 7) is 9.56. The Hall–Kier alpha value is -1.63. The molecule has 1 aromatic rings. The van der Waals surface area contributed by atoms with Crippen LogP contribution in [0.5, 0.6) is 6.01 Å². The number of hydrogen-bond donors (Lipinski definition) is 3. The van der Waals surface area contributed by atoms with Gasteiger partial charge < -0.3 is 20.5 Å². The van der Waals surface area contributed by atoms with Crippen LogP contribution < -0.4 is 15.4 Å². The van der Waals surface area contributed by atoms with E-state index in [2.05, 4.69) is 46.4 Å². The zero-order valence-electron chi connectivity index (χ0n) is 13.4. The monoisotopic (exact) mass is 297 g/mol. The minimum atomic E-state index is 0.103. The Bertz CT molecular complexity index is 414. The third kappa shape index (κ3) is 6.12. The molecule has 0 amide bonds. The second-order valence-corrected chi connectivity index (χ2v) is 5.13. The molecule has 3 N–H and O–H groups in total. The van der Waals surface area contributed by atoms with Crippen molar-refractivity contribution in [1.82, 2.24) is 15.0 Å². The SMILES string of the molecule is CCCNc1nc(NC(CCO)C(C)C)nc(OCC)n1. The summed E-state index contributed by atoms with van der Waals surface area (Å²) in [5.74, 6) is 1.33. The van der Waals surface area contributed by atoms with Gasteiger partial charge in [-0.3, -0.25) is 0 Å². The fraction of sp³-hybridized carbons (Fsp3) is 0.786. The lowest BCUT2D eigenvalue weighted by Crippen LogP contribution is -2.28. The fourth-order valence-electron chi connectivity index (χ4n) is 1.81. The first-order valence-electron chi connectivity index (χ1n) is 7.60. The van der Waals surface area contributed by atoms with E-state index in [4.69, 9.17) is 9.84 Å². The van der Waals surface area contributed by atoms with Crippen molar-refractivity contribution >= 4 is 11.9 Å². The number of nitrogens with one attached hydrogen (secondary N) is 2. The number of ether oxygens (including phenoxy) is 1. The molecular weight excluding hydrogens is 270 g/mol. The molecule has 0 bridgehead atoms. The molecule has 0 fully saturated rings. The van der Waals surface area contributed by atoms with Crippen molar-refractivity contribution in [2.45, 2.75) is 46.6 Å². The van der Waals surface area contributed by atoms with Crippen molar-refractivity contribution in [1.29, 1.82) is 0 Å². The van der Waals surface area contributed by atoms with Crippen LogP contribution in [0.4, 0.5) is 11.9 Å². The van der Waals surface area contributed by atoms with Crippen LogP contribution in [-0.2, 0) is 0 Å². The third-order valence-electron chi connectivity index (χ3n) is 2.98. The van der Waals surface area contributed by atoms with Crippen LogP contribution in [0.25, 0.3) is 0 Å². The van der Waals surface area contributed by atoms with Gasteiger partial charge in [-0.15, -0.1) is 0 Å². The maximum absolute atomic E-state index is 9.14. The van der Waals surface area contributed by atoms with Gasteiger partial charge in [-0.1, -0.05) is 20.8 Å². The van der Waals surface area contributed by atoms with Gasteiger partial charge in [0.1, 0.15) is 0 Å². The lowest BCUT2D eigenvalue weighted by Gasteiger charge is -2.21. The Kier molecular flexibility index (Phi) is 7.74. The summed E-state index contributed by atoms with van der Waals surface area (Å²) in [5.41, 5.74) is 0. The second kappa shape index (κ2) is 9.33. The Morgan fingerprint density at radius 3 is 2.43 bits per heavy atom. The zero-order valence-corrected chi connectivity index (χ0v) is 13.4. The van der Waals surface area contributed by atoms with E-state index in [1.165, 1.54) is 0 Å². The van der Waals surface area contributed by atoms with E-state index in [-0.39, 0.29) is 12.6 Å². The van der Waals surface area contributed by atoms with Crippen LogP contribution >= 0.6 is 0 Å². The van der Waals surface area contributed by atoms with Gasteiger partial charge in [0.05, 0.1) is 6.61 Å². The molecule has 120 valence electrons. The molecule has 7 nitrogen and oxygen atoms in total. The van der Waals surface area contributed by atoms with E-state index < -0.39 is 0 Å². The van der Waals surface area contributed by atoms with E-state index in [1.807, 2.05) is 6.92 Å². The number of aromatic nitrogens is 3. The molecule has 0 radical (unpaired) electrons. The van der Waals surface area contributed by atoms with Crippen molar-refractivity contribution in [2.24, 2.45) is 5.92 Å². The van der Waals surface area contributed by atoms with E-state index in [9.17, 15) is 0 Å². The van der Waals surface area contributed by atoms with Crippen molar-refractivity contribution < 1.29 is 9.84 Å². The molecule has 1 aromatic heterocycles. The largest absolute Gasteiger partial charge is 0.464 e. The molecule has 0 saturated heterocycles. The highest BCUT2D eigenvalue weighted by atomic mass is 16.5. The maximum atomic E-state index is 9.14. The highest BCUT2D eigenvalue weighted by Crippen LogP contribution is 2.16. The number of rotatable bonds is 10. The molecular formula is C14H27N5O2. The first-order chi connectivity index (χ1) is 10.1. The molecule has 1 atom stereocenters. The van der Waals surface area contributed by atoms with Gasteiger partial charge in [0.15, 0.2) is 0 Å². The highest BCUT2D eigenvalue weighted by Gasteiger charge is 2.15. The zero-order chi connectivity index (χ0) is 15.7. The highest BCUT2D eigenvalue weighted by molar-refractivity contribution is 5.36. The van der Waals surface area contributed by atoms with Crippen LogP contribution in [0.3, 0.4) is 0 Å². The molecule has 0 saturated carbocycles. The second-order valence-electron chi connectivity index (χ2n) is 5.13. The van der Waals surface area contributed by atoms with Crippen molar-refractivity contribution in [2.75, 3.05) is 30.4 Å². The fourth-order valence-corrected chi connectivity index (χ4v) is 1.81. The molecule has 0 spiro atoms. The van der Waals surface area contributed by atoms with Crippen LogP contribution in [-0.4, -0.2) is 45.9 Å². The molecule has 1 heterocycles. The van der Waals surface area contributed by atoms with Crippen LogP contribution in [0.2, 0.25) is 0 Å². The van der Waals surface area contributed by atoms with Gasteiger partial charge in [-0.05, 0) is 25.7 Å². The standard InChI is InChI=1S/C14H27N5O2/c1-5-8-15-12-17-13(19-14(18-12)21-6-2)16-11(7-9-20)10(3)4/h10-11,20H,5-9H2,1-4H3,(H2,15,16,17,18,19). The maximum Gasteiger partial charge on any atom is 0.323 e. The summed E-state index contributed by atoms with van der Waals surface area (Å²) < 4.78 is 5.38. The van der Waals surface area contributed by atoms with Gasteiger partial charge in [-0.2, -0.15) is 15.0 Å². The van der Waals surface area contributed by atoms with E-state index >= 15 is 0 Å². The van der Waals surface area contributed by atoms with Gasteiger partial charge in [0.25, 0.3) is 0 Å². The minimum Gasteiger partial charge on any atom is -0.464 e. The normalized spacial score (nSPS) is 12.3. The number of aliphatic hydroxyl groups is 1. The Balaban J connectivity index is 2.89. The van der Waals surface area contributed by atoms with Gasteiger partial charge in [-0.25, -0.2) is 0 Å². The van der Waals surface area contributed by atoms with E-state index in [1.54, 1.807) is 0 Å². The quantitative estimate of drug-likeness (QED) is 0.607. The topological polar surface area (TPSA) is 92.2 Å². The average Bonchev–Trinajstić information content (AvgIpc) is 2.45. The number of nitrogens with zero attached hydrogens (tertiary/aromatic N) is 3. The average molecular weight is 297 g/mol. The predicted molar refractivity (Wildman–Crippen MR) is 83.7 cm³/mol. The summed E-state index contributed by atoms with van der Waals surface area (Å²) in [6.07, 6.45) is 1.63. The van der Waals surface area contributed by atoms with Crippen LogP contribution in [0, 0.1) is 5.92 Å². The minimum absolute atomic E-state index is 0.103. The van der Waals surface area contributed by atoms with Crippen molar-refractivity contribution in [3.05, 3.63) is 0 Å². The first kappa shape index (κ1) is 17.4. The lowest BCUT2D eigenvalue weighted by molar-refractivity contribution is 0.267. The summed E-state index contributed by atoms with van der Waals surface area (Å²) in [7, 11) is 0. The van der Waals surface area contributed by atoms with E-state index in [0.717, 1.165) is 13.0 Å². The molecule has 0 aliphatic heterocycles. The molecule has 0 aromatic carbocycles. The molecule has 1 unspecified atom stereocenters. The third-order valence-corrected chi connectivity index (χ3v) is 2.98. The number of anilines is 2. The summed E-state index contributed by atoms with van der Waals surface area (Å²) in [6, 6.07) is 0.408. The van der Waals surface area contributed by atoms with Gasteiger partial charge in [0.2, 0.25) is 11.9 Å². The van der Waals surface area contributed by atoms with Gasteiger partial charge >= 0.3 is 6.01 Å². The number of aliphatic hydroxyl groups excluding tert-OH is 1. The van der Waals surface area contributed by atoms with Crippen molar-refractivity contribution in [3.8, 4) is 6.01 Å². The van der Waals surface area contributed by atoms with Crippen molar-refractivity contribution in [3.63, 3.8) is 0 Å². The Morgan fingerprint density at radius 1 is 1.14 bits per heavy atom. The first-order valence-corrected chi connectivity index (χ1v) is 7.60. The summed E-state index contributed by atoms with van der Waals surface area (Å²) >= 11 is 0. The van der Waals surface area contributed by atoms with Crippen LogP contribution in [0.15, 0.2) is 0 Å². The smallest absolute Gasteiger partial charge is 0.323 e. The lowest BCUT2D eigenvalue weighted by atomic mass is 10.0. The Labute approximate surface area is 126 Å².